The molecule has 5 nitrogen and oxygen atoms in total. The van der Waals surface area contributed by atoms with Gasteiger partial charge in [-0.25, -0.2) is 0 Å². The van der Waals surface area contributed by atoms with Gasteiger partial charge in [-0.05, 0) is 19.3 Å². The number of aromatic nitrogens is 3. The lowest BCUT2D eigenvalue weighted by Gasteiger charge is -2.20. The lowest BCUT2D eigenvalue weighted by atomic mass is 10.2. The highest BCUT2D eigenvalue weighted by Gasteiger charge is 2.12. The molecule has 1 aliphatic heterocycles. The summed E-state index contributed by atoms with van der Waals surface area (Å²) < 4.78 is 0. The molecule has 1 N–H and O–H groups in total. The molecule has 0 saturated carbocycles. The molecule has 0 aromatic carbocycles. The smallest absolute Gasteiger partial charge is 0.244 e. The van der Waals surface area contributed by atoms with Gasteiger partial charge in [0.05, 0.1) is 6.20 Å². The molecular formula is C14H25N5. The molecule has 106 valence electrons. The number of unbranched alkanes of at least 4 members (excludes halogenated alkanes) is 2. The minimum atomic E-state index is 0.665. The molecule has 0 unspecified atom stereocenters. The van der Waals surface area contributed by atoms with Crippen molar-refractivity contribution in [1.29, 1.82) is 0 Å². The third-order valence-electron chi connectivity index (χ3n) is 3.54. The molecule has 2 rings (SSSR count). The van der Waals surface area contributed by atoms with E-state index < -0.39 is 0 Å². The van der Waals surface area contributed by atoms with Gasteiger partial charge in [-0.15, -0.1) is 5.10 Å². The molecule has 19 heavy (non-hydrogen) atoms. The van der Waals surface area contributed by atoms with Gasteiger partial charge in [-0.3, -0.25) is 0 Å². The van der Waals surface area contributed by atoms with E-state index in [2.05, 4.69) is 32.3 Å². The molecule has 0 amide bonds. The number of anilines is 2. The Kier molecular flexibility index (Phi) is 5.85. The quantitative estimate of drug-likeness (QED) is 0.800. The normalized spacial score (nSPS) is 16.2. The topological polar surface area (TPSA) is 53.9 Å². The van der Waals surface area contributed by atoms with Gasteiger partial charge in [0.15, 0.2) is 5.82 Å². The fourth-order valence-corrected chi connectivity index (χ4v) is 2.40. The molecule has 1 aliphatic rings. The molecule has 0 radical (unpaired) electrons. The first-order valence-electron chi connectivity index (χ1n) is 7.58. The minimum Gasteiger partial charge on any atom is -0.355 e. The van der Waals surface area contributed by atoms with Gasteiger partial charge in [-0.1, -0.05) is 32.6 Å². The Balaban J connectivity index is 1.90. The lowest BCUT2D eigenvalue weighted by Crippen LogP contribution is -2.25. The van der Waals surface area contributed by atoms with Crippen LogP contribution in [0.15, 0.2) is 6.20 Å². The van der Waals surface area contributed by atoms with Crippen molar-refractivity contribution in [3.05, 3.63) is 6.20 Å². The fourth-order valence-electron chi connectivity index (χ4n) is 2.40. The van der Waals surface area contributed by atoms with Crippen LogP contribution in [-0.4, -0.2) is 34.8 Å². The van der Waals surface area contributed by atoms with E-state index in [0.717, 1.165) is 31.9 Å². The van der Waals surface area contributed by atoms with Crippen LogP contribution in [0, 0.1) is 0 Å². The van der Waals surface area contributed by atoms with E-state index in [9.17, 15) is 0 Å². The van der Waals surface area contributed by atoms with Crippen LogP contribution < -0.4 is 10.2 Å². The van der Waals surface area contributed by atoms with E-state index in [1.54, 1.807) is 6.20 Å². The van der Waals surface area contributed by atoms with Crippen LogP contribution in [-0.2, 0) is 0 Å². The van der Waals surface area contributed by atoms with E-state index in [-0.39, 0.29) is 0 Å². The SMILES string of the molecule is CCCCCNc1nncc(N2CCCCCC2)n1. The number of hydrogen-bond acceptors (Lipinski definition) is 5. The van der Waals surface area contributed by atoms with Crippen molar-refractivity contribution >= 4 is 11.8 Å². The highest BCUT2D eigenvalue weighted by Crippen LogP contribution is 2.17. The van der Waals surface area contributed by atoms with Crippen molar-refractivity contribution < 1.29 is 0 Å². The summed E-state index contributed by atoms with van der Waals surface area (Å²) in [5.74, 6) is 1.63. The van der Waals surface area contributed by atoms with Gasteiger partial charge >= 0.3 is 0 Å². The van der Waals surface area contributed by atoms with Crippen molar-refractivity contribution in [1.82, 2.24) is 15.2 Å². The number of hydrogen-bond donors (Lipinski definition) is 1. The van der Waals surface area contributed by atoms with Crippen molar-refractivity contribution in [2.45, 2.75) is 51.9 Å². The molecule has 0 aliphatic carbocycles. The second kappa shape index (κ2) is 7.92. The highest BCUT2D eigenvalue weighted by molar-refractivity contribution is 5.40. The van der Waals surface area contributed by atoms with Gasteiger partial charge in [0.25, 0.3) is 0 Å². The molecule has 0 spiro atoms. The molecule has 0 atom stereocenters. The number of nitrogens with zero attached hydrogens (tertiary/aromatic N) is 4. The Morgan fingerprint density at radius 3 is 2.68 bits per heavy atom. The third kappa shape index (κ3) is 4.65. The summed E-state index contributed by atoms with van der Waals surface area (Å²) in [6.07, 6.45) is 10.6. The fraction of sp³-hybridized carbons (Fsp3) is 0.786. The standard InChI is InChI=1S/C14H25N5/c1-2-3-6-9-15-14-17-13(12-16-18-14)19-10-7-4-5-8-11-19/h12H,2-11H2,1H3,(H,15,17,18). The van der Waals surface area contributed by atoms with Crippen LogP contribution in [0.3, 0.4) is 0 Å². The first kappa shape index (κ1) is 14.0. The molecule has 1 fully saturated rings. The third-order valence-corrected chi connectivity index (χ3v) is 3.54. The number of nitrogens with one attached hydrogen (secondary N) is 1. The zero-order valence-corrected chi connectivity index (χ0v) is 11.9. The van der Waals surface area contributed by atoms with Crippen LogP contribution in [0.5, 0.6) is 0 Å². The number of rotatable bonds is 6. The highest BCUT2D eigenvalue weighted by atomic mass is 15.3. The van der Waals surface area contributed by atoms with Gasteiger partial charge < -0.3 is 10.2 Å². The Morgan fingerprint density at radius 1 is 1.16 bits per heavy atom. The first-order valence-corrected chi connectivity index (χ1v) is 7.58. The lowest BCUT2D eigenvalue weighted by molar-refractivity contribution is 0.726. The summed E-state index contributed by atoms with van der Waals surface area (Å²) in [5, 5.41) is 11.4. The molecule has 1 aromatic heterocycles. The molecule has 5 heteroatoms. The van der Waals surface area contributed by atoms with Crippen LogP contribution in [0.1, 0.15) is 51.9 Å². The van der Waals surface area contributed by atoms with E-state index in [4.69, 9.17) is 0 Å². The van der Waals surface area contributed by atoms with Crippen LogP contribution in [0.25, 0.3) is 0 Å². The van der Waals surface area contributed by atoms with E-state index in [1.165, 1.54) is 38.5 Å². The molecular weight excluding hydrogens is 238 g/mol. The Bertz CT molecular complexity index is 361. The molecule has 2 heterocycles. The molecule has 0 bridgehead atoms. The summed E-state index contributed by atoms with van der Waals surface area (Å²) in [6, 6.07) is 0. The second-order valence-corrected chi connectivity index (χ2v) is 5.17. The Labute approximate surface area is 115 Å². The summed E-state index contributed by atoms with van der Waals surface area (Å²) in [5.41, 5.74) is 0. The summed E-state index contributed by atoms with van der Waals surface area (Å²) in [6.45, 7) is 5.32. The predicted octanol–water partition coefficient (Wildman–Crippen LogP) is 2.85. The molecule has 1 aromatic rings. The predicted molar refractivity (Wildman–Crippen MR) is 78.5 cm³/mol. The monoisotopic (exact) mass is 263 g/mol. The van der Waals surface area contributed by atoms with E-state index in [0.29, 0.717) is 5.95 Å². The van der Waals surface area contributed by atoms with Crippen molar-refractivity contribution in [3.8, 4) is 0 Å². The maximum Gasteiger partial charge on any atom is 0.244 e. The van der Waals surface area contributed by atoms with Crippen LogP contribution in [0.2, 0.25) is 0 Å². The average molecular weight is 263 g/mol. The van der Waals surface area contributed by atoms with Gasteiger partial charge in [-0.2, -0.15) is 10.1 Å². The molecule has 1 saturated heterocycles. The van der Waals surface area contributed by atoms with Crippen LogP contribution >= 0.6 is 0 Å². The largest absolute Gasteiger partial charge is 0.355 e. The first-order chi connectivity index (χ1) is 9.40. The van der Waals surface area contributed by atoms with Gasteiger partial charge in [0.1, 0.15) is 0 Å². The Hall–Kier alpha value is -1.39. The van der Waals surface area contributed by atoms with Gasteiger partial charge in [0.2, 0.25) is 5.95 Å². The van der Waals surface area contributed by atoms with Crippen molar-refractivity contribution in [3.63, 3.8) is 0 Å². The zero-order chi connectivity index (χ0) is 13.3. The van der Waals surface area contributed by atoms with E-state index in [1.807, 2.05) is 0 Å². The van der Waals surface area contributed by atoms with Crippen LogP contribution in [0.4, 0.5) is 11.8 Å². The van der Waals surface area contributed by atoms with E-state index >= 15 is 0 Å². The summed E-state index contributed by atoms with van der Waals surface area (Å²) >= 11 is 0. The maximum absolute atomic E-state index is 4.58. The van der Waals surface area contributed by atoms with Crippen molar-refractivity contribution in [2.24, 2.45) is 0 Å². The second-order valence-electron chi connectivity index (χ2n) is 5.17. The van der Waals surface area contributed by atoms with Gasteiger partial charge in [0, 0.05) is 19.6 Å². The zero-order valence-electron chi connectivity index (χ0n) is 11.9. The van der Waals surface area contributed by atoms with Crippen molar-refractivity contribution in [2.75, 3.05) is 29.9 Å². The Morgan fingerprint density at radius 2 is 1.95 bits per heavy atom. The minimum absolute atomic E-state index is 0.665. The average Bonchev–Trinajstić information content (AvgIpc) is 2.73. The summed E-state index contributed by atoms with van der Waals surface area (Å²) in [4.78, 5) is 6.91. The summed E-state index contributed by atoms with van der Waals surface area (Å²) in [7, 11) is 0. The maximum atomic E-state index is 4.58.